The maximum Gasteiger partial charge on any atom is 0.410 e. The normalized spacial score (nSPS) is 12.3. The first-order valence-electron chi connectivity index (χ1n) is 12.3. The number of esters is 1. The zero-order chi connectivity index (χ0) is 27.1. The molecule has 0 N–H and O–H groups in total. The molecule has 204 valence electrons. The highest BCUT2D eigenvalue weighted by atomic mass is 32.1. The number of carbonyl (C=O) groups excluding carboxylic acids is 2. The summed E-state index contributed by atoms with van der Waals surface area (Å²) in [4.78, 5) is 37.4. The molecule has 1 aliphatic heterocycles. The van der Waals surface area contributed by atoms with Crippen molar-refractivity contribution in [2.75, 3.05) is 37.9 Å². The van der Waals surface area contributed by atoms with Crippen LogP contribution in [0.5, 0.6) is 11.5 Å². The first-order valence-corrected chi connectivity index (χ1v) is 13.1. The molecule has 38 heavy (non-hydrogen) atoms. The Morgan fingerprint density at radius 2 is 2.00 bits per heavy atom. The van der Waals surface area contributed by atoms with Crippen molar-refractivity contribution < 1.29 is 28.5 Å². The molecular weight excluding hydrogens is 512 g/mol. The number of hydrogen-bond acceptors (Lipinski definition) is 11. The fourth-order valence-corrected chi connectivity index (χ4v) is 4.39. The first kappa shape index (κ1) is 27.2. The molecule has 1 aliphatic rings. The molecule has 0 saturated carbocycles. The number of anilines is 1. The molecule has 13 heteroatoms. The van der Waals surface area contributed by atoms with Gasteiger partial charge in [0.2, 0.25) is 17.9 Å². The third-order valence-electron chi connectivity index (χ3n) is 5.35. The minimum atomic E-state index is -0.642. The summed E-state index contributed by atoms with van der Waals surface area (Å²) in [7, 11) is 0. The van der Waals surface area contributed by atoms with E-state index >= 15 is 0 Å². The van der Waals surface area contributed by atoms with Crippen molar-refractivity contribution in [2.45, 2.75) is 46.3 Å². The summed E-state index contributed by atoms with van der Waals surface area (Å²) in [5, 5.41) is 0.571. The first-order chi connectivity index (χ1) is 18.2. The average molecular weight is 545 g/mol. The highest BCUT2D eigenvalue weighted by Gasteiger charge is 2.24. The maximum absolute atomic E-state index is 13.1. The Hall–Kier alpha value is -3.87. The Kier molecular flexibility index (Phi) is 8.66. The summed E-state index contributed by atoms with van der Waals surface area (Å²) < 4.78 is 27.8. The number of nitrogens with zero attached hydrogens (tertiary/aromatic N) is 6. The molecule has 3 aromatic rings. The van der Waals surface area contributed by atoms with E-state index in [1.807, 2.05) is 43.9 Å². The van der Waals surface area contributed by atoms with Crippen molar-refractivity contribution in [2.24, 2.45) is 0 Å². The van der Waals surface area contributed by atoms with Crippen LogP contribution in [0.3, 0.4) is 0 Å². The van der Waals surface area contributed by atoms with Crippen molar-refractivity contribution in [3.05, 3.63) is 42.5 Å². The van der Waals surface area contributed by atoms with Gasteiger partial charge in [-0.25, -0.2) is 9.78 Å². The van der Waals surface area contributed by atoms with Crippen LogP contribution in [0, 0.1) is 0 Å². The lowest BCUT2D eigenvalue weighted by molar-refractivity contribution is -0.141. The molecule has 0 radical (unpaired) electrons. The largest absolute Gasteiger partial charge is 0.465 e. The number of imidazole rings is 1. The van der Waals surface area contributed by atoms with Crippen LogP contribution in [0.4, 0.5) is 9.93 Å². The SMILES string of the molecule is CCOC(=O)CN(CCCN(Cc1ccc2c(c1)OCO2)C(=O)OC(C)(C)C)c1nc(-n2ccnc2)ns1. The fraction of sp³-hybridized carbons (Fsp3) is 0.480. The number of carbonyl (C=O) groups is 2. The van der Waals surface area contributed by atoms with E-state index < -0.39 is 11.7 Å². The Balaban J connectivity index is 1.46. The standard InChI is InChI=1S/C25H32N6O6S/c1-5-34-21(32)15-29(23-27-22(28-38-23)31-12-9-26-16-31)10-6-11-30(24(33)37-25(2,3)4)14-18-7-8-19-20(13-18)36-17-35-19/h7-9,12-13,16H,5-6,10-11,14-15,17H2,1-4H3. The van der Waals surface area contributed by atoms with Crippen LogP contribution in [-0.2, 0) is 20.8 Å². The molecule has 2 aromatic heterocycles. The number of amides is 1. The molecule has 0 spiro atoms. The quantitative estimate of drug-likeness (QED) is 0.331. The number of rotatable bonds is 11. The van der Waals surface area contributed by atoms with Crippen LogP contribution in [0.15, 0.2) is 36.9 Å². The van der Waals surface area contributed by atoms with Gasteiger partial charge in [0.1, 0.15) is 18.5 Å². The minimum Gasteiger partial charge on any atom is -0.465 e. The van der Waals surface area contributed by atoms with Crippen LogP contribution in [0.1, 0.15) is 39.7 Å². The van der Waals surface area contributed by atoms with E-state index in [2.05, 4.69) is 14.3 Å². The number of ether oxygens (including phenoxy) is 4. The van der Waals surface area contributed by atoms with Gasteiger partial charge in [-0.3, -0.25) is 9.36 Å². The number of benzene rings is 1. The molecule has 0 unspecified atom stereocenters. The second-order valence-electron chi connectivity index (χ2n) is 9.52. The van der Waals surface area contributed by atoms with Crippen molar-refractivity contribution >= 4 is 28.7 Å². The van der Waals surface area contributed by atoms with Gasteiger partial charge in [-0.05, 0) is 51.8 Å². The van der Waals surface area contributed by atoms with E-state index in [0.29, 0.717) is 48.6 Å². The Labute approximate surface area is 225 Å². The maximum atomic E-state index is 13.1. The highest BCUT2D eigenvalue weighted by Crippen LogP contribution is 2.33. The lowest BCUT2D eigenvalue weighted by Gasteiger charge is -2.28. The van der Waals surface area contributed by atoms with Gasteiger partial charge in [-0.15, -0.1) is 0 Å². The van der Waals surface area contributed by atoms with Crippen molar-refractivity contribution in [1.29, 1.82) is 0 Å². The molecule has 3 heterocycles. The summed E-state index contributed by atoms with van der Waals surface area (Å²) in [5.41, 5.74) is 0.244. The monoisotopic (exact) mass is 544 g/mol. The predicted molar refractivity (Wildman–Crippen MR) is 140 cm³/mol. The lowest BCUT2D eigenvalue weighted by Crippen LogP contribution is -2.39. The fourth-order valence-electron chi connectivity index (χ4n) is 3.70. The summed E-state index contributed by atoms with van der Waals surface area (Å²) in [6, 6.07) is 5.60. The topological polar surface area (TPSA) is 121 Å². The van der Waals surface area contributed by atoms with Gasteiger partial charge in [0.05, 0.1) is 6.61 Å². The second-order valence-corrected chi connectivity index (χ2v) is 10.2. The molecule has 12 nitrogen and oxygen atoms in total. The molecule has 1 amide bonds. The Bertz CT molecular complexity index is 1230. The highest BCUT2D eigenvalue weighted by molar-refractivity contribution is 7.09. The summed E-state index contributed by atoms with van der Waals surface area (Å²) in [6.07, 6.45) is 5.11. The van der Waals surface area contributed by atoms with Crippen LogP contribution in [-0.4, -0.2) is 74.5 Å². The van der Waals surface area contributed by atoms with Crippen LogP contribution >= 0.6 is 11.5 Å². The van der Waals surface area contributed by atoms with E-state index in [1.54, 1.807) is 35.1 Å². The molecule has 0 saturated heterocycles. The molecule has 1 aromatic carbocycles. The van der Waals surface area contributed by atoms with Gasteiger partial charge >= 0.3 is 12.1 Å². The summed E-state index contributed by atoms with van der Waals surface area (Å²) >= 11 is 1.18. The molecule has 4 rings (SSSR count). The van der Waals surface area contributed by atoms with Crippen LogP contribution in [0.25, 0.3) is 5.95 Å². The Morgan fingerprint density at radius 1 is 1.18 bits per heavy atom. The summed E-state index contributed by atoms with van der Waals surface area (Å²) in [6.45, 7) is 8.89. The van der Waals surface area contributed by atoms with Gasteiger partial charge in [-0.2, -0.15) is 9.36 Å². The average Bonchev–Trinajstić information content (AvgIpc) is 3.63. The smallest absolute Gasteiger partial charge is 0.410 e. The molecule has 0 bridgehead atoms. The zero-order valence-corrected chi connectivity index (χ0v) is 22.8. The molecule has 0 aliphatic carbocycles. The summed E-state index contributed by atoms with van der Waals surface area (Å²) in [5.74, 6) is 1.43. The number of hydrogen-bond donors (Lipinski definition) is 0. The third-order valence-corrected chi connectivity index (χ3v) is 6.12. The number of aromatic nitrogens is 4. The predicted octanol–water partition coefficient (Wildman–Crippen LogP) is 3.65. The zero-order valence-electron chi connectivity index (χ0n) is 22.0. The van der Waals surface area contributed by atoms with Crippen LogP contribution in [0.2, 0.25) is 0 Å². The third kappa shape index (κ3) is 7.34. The number of fused-ring (bicyclic) bond motifs is 1. The van der Waals surface area contributed by atoms with Gasteiger partial charge in [0.15, 0.2) is 11.5 Å². The van der Waals surface area contributed by atoms with Gasteiger partial charge in [-0.1, -0.05) is 6.07 Å². The molecule has 0 atom stereocenters. The van der Waals surface area contributed by atoms with Gasteiger partial charge in [0.25, 0.3) is 0 Å². The van der Waals surface area contributed by atoms with E-state index in [4.69, 9.17) is 18.9 Å². The van der Waals surface area contributed by atoms with E-state index in [0.717, 1.165) is 5.56 Å². The lowest BCUT2D eigenvalue weighted by atomic mass is 10.2. The molecular formula is C25H32N6O6S. The van der Waals surface area contributed by atoms with Gasteiger partial charge < -0.3 is 28.7 Å². The van der Waals surface area contributed by atoms with Gasteiger partial charge in [0, 0.05) is 43.6 Å². The minimum absolute atomic E-state index is 0.0149. The Morgan fingerprint density at radius 3 is 2.74 bits per heavy atom. The van der Waals surface area contributed by atoms with E-state index in [-0.39, 0.29) is 25.9 Å². The van der Waals surface area contributed by atoms with Crippen molar-refractivity contribution in [1.82, 2.24) is 23.8 Å². The molecule has 0 fully saturated rings. The second kappa shape index (κ2) is 12.1. The van der Waals surface area contributed by atoms with E-state index in [1.165, 1.54) is 11.5 Å². The van der Waals surface area contributed by atoms with Crippen LogP contribution < -0.4 is 14.4 Å². The van der Waals surface area contributed by atoms with E-state index in [9.17, 15) is 9.59 Å². The van der Waals surface area contributed by atoms with Crippen molar-refractivity contribution in [3.63, 3.8) is 0 Å². The van der Waals surface area contributed by atoms with Crippen molar-refractivity contribution in [3.8, 4) is 17.4 Å².